The minimum Gasteiger partial charge on any atom is -0.478 e. The van der Waals surface area contributed by atoms with Crippen molar-refractivity contribution in [2.24, 2.45) is 0 Å². The van der Waals surface area contributed by atoms with Crippen LogP contribution in [0, 0.1) is 11.3 Å². The zero-order valence-corrected chi connectivity index (χ0v) is 12.5. The van der Waals surface area contributed by atoms with Crippen LogP contribution in [0.3, 0.4) is 0 Å². The Hall–Kier alpha value is -3.72. The Labute approximate surface area is 138 Å². The molecule has 2 aromatic carbocycles. The smallest absolute Gasteiger partial charge is 0.335 e. The lowest BCUT2D eigenvalue weighted by molar-refractivity contribution is 0.0697. The fraction of sp³-hybridized carbons (Fsp3) is 0. The number of rotatable bonds is 4. The van der Waals surface area contributed by atoms with E-state index in [9.17, 15) is 10.1 Å². The topological polar surface area (TPSA) is 98.9 Å². The molecule has 0 radical (unpaired) electrons. The van der Waals surface area contributed by atoms with Gasteiger partial charge >= 0.3 is 5.97 Å². The van der Waals surface area contributed by atoms with E-state index in [0.717, 1.165) is 5.56 Å². The fourth-order valence-electron chi connectivity index (χ4n) is 2.17. The van der Waals surface area contributed by atoms with Gasteiger partial charge in [-0.2, -0.15) is 5.26 Å². The number of aromatic nitrogens is 2. The van der Waals surface area contributed by atoms with E-state index in [0.29, 0.717) is 22.9 Å². The predicted octanol–water partition coefficient (Wildman–Crippen LogP) is 3.46. The number of carboxylic acids is 1. The second kappa shape index (κ2) is 6.58. The van der Waals surface area contributed by atoms with Gasteiger partial charge in [0.05, 0.1) is 23.0 Å². The molecule has 0 aliphatic heterocycles. The molecule has 1 aromatic heterocycles. The predicted molar refractivity (Wildman–Crippen MR) is 88.9 cm³/mol. The van der Waals surface area contributed by atoms with E-state index < -0.39 is 5.97 Å². The summed E-state index contributed by atoms with van der Waals surface area (Å²) in [5, 5.41) is 21.2. The molecule has 24 heavy (non-hydrogen) atoms. The van der Waals surface area contributed by atoms with E-state index in [2.05, 4.69) is 21.4 Å². The Bertz CT molecular complexity index is 916. The number of nitrogens with zero attached hydrogens (tertiary/aromatic N) is 3. The summed E-state index contributed by atoms with van der Waals surface area (Å²) in [5.41, 5.74) is 2.60. The van der Waals surface area contributed by atoms with E-state index in [1.54, 1.807) is 12.1 Å². The van der Waals surface area contributed by atoms with Gasteiger partial charge in [0.2, 0.25) is 5.95 Å². The van der Waals surface area contributed by atoms with E-state index in [4.69, 9.17) is 5.11 Å². The molecule has 0 bridgehead atoms. The maximum Gasteiger partial charge on any atom is 0.335 e. The van der Waals surface area contributed by atoms with E-state index >= 15 is 0 Å². The van der Waals surface area contributed by atoms with Gasteiger partial charge in [0, 0.05) is 11.3 Å². The SMILES string of the molecule is N#Cc1cnc(Nc2ccc(C(=O)O)cc2)nc1-c1ccccc1. The Morgan fingerprint density at radius 1 is 1.08 bits per heavy atom. The highest BCUT2D eigenvalue weighted by molar-refractivity contribution is 5.88. The van der Waals surface area contributed by atoms with Gasteiger partial charge in [-0.15, -0.1) is 0 Å². The van der Waals surface area contributed by atoms with Gasteiger partial charge in [0.25, 0.3) is 0 Å². The molecule has 6 nitrogen and oxygen atoms in total. The van der Waals surface area contributed by atoms with Crippen molar-refractivity contribution in [2.75, 3.05) is 5.32 Å². The van der Waals surface area contributed by atoms with Crippen molar-refractivity contribution in [2.45, 2.75) is 0 Å². The number of benzene rings is 2. The summed E-state index contributed by atoms with van der Waals surface area (Å²) in [6.07, 6.45) is 1.46. The van der Waals surface area contributed by atoms with Crippen LogP contribution in [0.5, 0.6) is 0 Å². The van der Waals surface area contributed by atoms with Gasteiger partial charge < -0.3 is 10.4 Å². The molecule has 0 saturated heterocycles. The highest BCUT2D eigenvalue weighted by Gasteiger charge is 2.10. The maximum atomic E-state index is 10.9. The van der Waals surface area contributed by atoms with Crippen LogP contribution in [0.1, 0.15) is 15.9 Å². The number of hydrogen-bond acceptors (Lipinski definition) is 5. The Morgan fingerprint density at radius 2 is 1.79 bits per heavy atom. The normalized spacial score (nSPS) is 9.96. The highest BCUT2D eigenvalue weighted by Crippen LogP contribution is 2.23. The number of anilines is 2. The van der Waals surface area contributed by atoms with Crippen LogP contribution in [0.25, 0.3) is 11.3 Å². The number of carbonyl (C=O) groups is 1. The average molecular weight is 316 g/mol. The maximum absolute atomic E-state index is 10.9. The summed E-state index contributed by atoms with van der Waals surface area (Å²) in [4.78, 5) is 19.4. The Kier molecular flexibility index (Phi) is 4.17. The summed E-state index contributed by atoms with van der Waals surface area (Å²) in [6.45, 7) is 0. The third-order valence-corrected chi connectivity index (χ3v) is 3.34. The van der Waals surface area contributed by atoms with Crippen LogP contribution in [-0.4, -0.2) is 21.0 Å². The lowest BCUT2D eigenvalue weighted by Crippen LogP contribution is -2.01. The molecule has 0 fully saturated rings. The summed E-state index contributed by atoms with van der Waals surface area (Å²) in [7, 11) is 0. The van der Waals surface area contributed by atoms with Crippen molar-refractivity contribution >= 4 is 17.6 Å². The van der Waals surface area contributed by atoms with Crippen molar-refractivity contribution in [1.29, 1.82) is 5.26 Å². The lowest BCUT2D eigenvalue weighted by atomic mass is 10.1. The van der Waals surface area contributed by atoms with Crippen molar-refractivity contribution in [3.05, 3.63) is 71.9 Å². The minimum atomic E-state index is -0.984. The number of nitriles is 1. The van der Waals surface area contributed by atoms with Crippen LogP contribution >= 0.6 is 0 Å². The summed E-state index contributed by atoms with van der Waals surface area (Å²) >= 11 is 0. The highest BCUT2D eigenvalue weighted by atomic mass is 16.4. The quantitative estimate of drug-likeness (QED) is 0.764. The van der Waals surface area contributed by atoms with Gasteiger partial charge in [0.1, 0.15) is 6.07 Å². The lowest BCUT2D eigenvalue weighted by Gasteiger charge is -2.08. The average Bonchev–Trinajstić information content (AvgIpc) is 2.63. The van der Waals surface area contributed by atoms with Crippen LogP contribution in [0.2, 0.25) is 0 Å². The van der Waals surface area contributed by atoms with E-state index in [1.807, 2.05) is 30.3 Å². The van der Waals surface area contributed by atoms with Gasteiger partial charge in [-0.05, 0) is 24.3 Å². The molecule has 2 N–H and O–H groups in total. The molecular weight excluding hydrogens is 304 g/mol. The molecule has 3 aromatic rings. The molecule has 0 aliphatic rings. The largest absolute Gasteiger partial charge is 0.478 e. The molecule has 116 valence electrons. The minimum absolute atomic E-state index is 0.200. The number of hydrogen-bond donors (Lipinski definition) is 2. The van der Waals surface area contributed by atoms with Crippen molar-refractivity contribution in [3.63, 3.8) is 0 Å². The Balaban J connectivity index is 1.92. The van der Waals surface area contributed by atoms with Gasteiger partial charge in [0.15, 0.2) is 0 Å². The van der Waals surface area contributed by atoms with E-state index in [-0.39, 0.29) is 5.56 Å². The standard InChI is InChI=1S/C18H12N4O2/c19-10-14-11-20-18(22-16(14)12-4-2-1-3-5-12)21-15-8-6-13(7-9-15)17(23)24/h1-9,11H,(H,23,24)(H,20,21,22). The van der Waals surface area contributed by atoms with Crippen molar-refractivity contribution in [3.8, 4) is 17.3 Å². The molecule has 0 aliphatic carbocycles. The van der Waals surface area contributed by atoms with Crippen LogP contribution in [-0.2, 0) is 0 Å². The molecule has 0 spiro atoms. The zero-order chi connectivity index (χ0) is 16.9. The number of aromatic carboxylic acids is 1. The van der Waals surface area contributed by atoms with Crippen LogP contribution < -0.4 is 5.32 Å². The summed E-state index contributed by atoms with van der Waals surface area (Å²) in [5.74, 6) is -0.654. The first-order valence-electron chi connectivity index (χ1n) is 7.10. The summed E-state index contributed by atoms with van der Waals surface area (Å²) < 4.78 is 0. The van der Waals surface area contributed by atoms with Gasteiger partial charge in [-0.1, -0.05) is 30.3 Å². The first-order valence-corrected chi connectivity index (χ1v) is 7.10. The molecule has 0 amide bonds. The molecular formula is C18H12N4O2. The third-order valence-electron chi connectivity index (χ3n) is 3.34. The first-order chi connectivity index (χ1) is 11.7. The summed E-state index contributed by atoms with van der Waals surface area (Å²) in [6, 6.07) is 17.7. The molecule has 0 unspecified atom stereocenters. The molecule has 6 heteroatoms. The number of carboxylic acid groups (broad SMARTS) is 1. The van der Waals surface area contributed by atoms with Gasteiger partial charge in [-0.3, -0.25) is 0 Å². The Morgan fingerprint density at radius 3 is 2.42 bits per heavy atom. The van der Waals surface area contributed by atoms with Crippen molar-refractivity contribution < 1.29 is 9.90 Å². The van der Waals surface area contributed by atoms with Crippen LogP contribution in [0.4, 0.5) is 11.6 Å². The second-order valence-corrected chi connectivity index (χ2v) is 4.94. The third kappa shape index (κ3) is 3.20. The molecule has 1 heterocycles. The van der Waals surface area contributed by atoms with Crippen molar-refractivity contribution in [1.82, 2.24) is 9.97 Å². The fourth-order valence-corrected chi connectivity index (χ4v) is 2.17. The van der Waals surface area contributed by atoms with E-state index in [1.165, 1.54) is 18.3 Å². The monoisotopic (exact) mass is 316 g/mol. The van der Waals surface area contributed by atoms with Crippen LogP contribution in [0.15, 0.2) is 60.8 Å². The zero-order valence-electron chi connectivity index (χ0n) is 12.5. The second-order valence-electron chi connectivity index (χ2n) is 4.94. The first kappa shape index (κ1) is 15.2. The number of nitrogens with one attached hydrogen (secondary N) is 1. The molecule has 0 saturated carbocycles. The van der Waals surface area contributed by atoms with Gasteiger partial charge in [-0.25, -0.2) is 14.8 Å². The molecule has 3 rings (SSSR count). The molecule has 0 atom stereocenters.